The van der Waals surface area contributed by atoms with Crippen molar-refractivity contribution in [1.29, 1.82) is 5.26 Å². The Morgan fingerprint density at radius 3 is 2.26 bits per heavy atom. The molecule has 1 heterocycles. The molecule has 7 heteroatoms. The van der Waals surface area contributed by atoms with Crippen molar-refractivity contribution in [3.8, 4) is 17.6 Å². The Morgan fingerprint density at radius 2 is 1.68 bits per heavy atom. The fourth-order valence-corrected chi connectivity index (χ4v) is 4.71. The maximum Gasteiger partial charge on any atom is 0.300 e. The van der Waals surface area contributed by atoms with Gasteiger partial charge in [0.1, 0.15) is 5.76 Å². The summed E-state index contributed by atoms with van der Waals surface area (Å²) in [5.41, 5.74) is 3.24. The number of benzene rings is 3. The van der Waals surface area contributed by atoms with Crippen LogP contribution in [0.3, 0.4) is 0 Å². The van der Waals surface area contributed by atoms with E-state index in [0.29, 0.717) is 33.9 Å². The first-order valence-corrected chi connectivity index (χ1v) is 12.2. The topological polar surface area (TPSA) is 99.9 Å². The van der Waals surface area contributed by atoms with Gasteiger partial charge in [-0.15, -0.1) is 0 Å². The predicted molar refractivity (Wildman–Crippen MR) is 145 cm³/mol. The van der Waals surface area contributed by atoms with Crippen LogP contribution in [-0.2, 0) is 15.0 Å². The molecule has 4 rings (SSSR count). The highest BCUT2D eigenvalue weighted by Crippen LogP contribution is 2.47. The number of amides is 1. The molecule has 0 radical (unpaired) electrons. The van der Waals surface area contributed by atoms with Gasteiger partial charge >= 0.3 is 0 Å². The molecule has 0 saturated carbocycles. The van der Waals surface area contributed by atoms with Gasteiger partial charge in [-0.05, 0) is 59.9 Å². The highest BCUT2D eigenvalue weighted by Gasteiger charge is 2.48. The second kappa shape index (κ2) is 10.1. The average molecular weight is 511 g/mol. The van der Waals surface area contributed by atoms with Gasteiger partial charge in [-0.1, -0.05) is 45.0 Å². The van der Waals surface area contributed by atoms with Gasteiger partial charge in [-0.25, -0.2) is 0 Å². The smallest absolute Gasteiger partial charge is 0.300 e. The van der Waals surface area contributed by atoms with Crippen LogP contribution in [0.2, 0.25) is 0 Å². The monoisotopic (exact) mass is 510 g/mol. The number of para-hydroxylation sites is 1. The first-order chi connectivity index (χ1) is 18.0. The largest absolute Gasteiger partial charge is 0.507 e. The molecule has 0 spiro atoms. The van der Waals surface area contributed by atoms with Crippen molar-refractivity contribution in [3.63, 3.8) is 0 Å². The Labute approximate surface area is 222 Å². The number of Topliss-reactive ketones (excluding diaryl/α,β-unsaturated/α-hetero) is 1. The van der Waals surface area contributed by atoms with E-state index in [9.17, 15) is 20.0 Å². The van der Waals surface area contributed by atoms with Crippen molar-refractivity contribution < 1.29 is 24.2 Å². The van der Waals surface area contributed by atoms with E-state index in [4.69, 9.17) is 9.47 Å². The van der Waals surface area contributed by atoms with Crippen LogP contribution in [0, 0.1) is 18.3 Å². The molecule has 1 fully saturated rings. The third-order valence-electron chi connectivity index (χ3n) is 6.81. The van der Waals surface area contributed by atoms with E-state index in [-0.39, 0.29) is 16.7 Å². The van der Waals surface area contributed by atoms with Crippen LogP contribution in [0.1, 0.15) is 54.6 Å². The van der Waals surface area contributed by atoms with Gasteiger partial charge in [0.15, 0.2) is 11.5 Å². The van der Waals surface area contributed by atoms with Crippen LogP contribution < -0.4 is 14.4 Å². The van der Waals surface area contributed by atoms with Crippen LogP contribution in [0.4, 0.5) is 5.69 Å². The number of aliphatic hydroxyl groups excluding tert-OH is 1. The number of rotatable bonds is 5. The van der Waals surface area contributed by atoms with E-state index < -0.39 is 17.7 Å². The van der Waals surface area contributed by atoms with Gasteiger partial charge in [-0.3, -0.25) is 14.5 Å². The van der Waals surface area contributed by atoms with Gasteiger partial charge in [-0.2, -0.15) is 5.26 Å². The van der Waals surface area contributed by atoms with E-state index in [2.05, 4.69) is 26.8 Å². The summed E-state index contributed by atoms with van der Waals surface area (Å²) in [6.45, 7) is 8.03. The molecule has 194 valence electrons. The third-order valence-corrected chi connectivity index (χ3v) is 6.81. The predicted octanol–water partition coefficient (Wildman–Crippen LogP) is 5.81. The molecule has 7 nitrogen and oxygen atoms in total. The van der Waals surface area contributed by atoms with Gasteiger partial charge < -0.3 is 14.6 Å². The lowest BCUT2D eigenvalue weighted by Crippen LogP contribution is -2.29. The van der Waals surface area contributed by atoms with Crippen LogP contribution in [0.15, 0.2) is 66.2 Å². The van der Waals surface area contributed by atoms with Gasteiger partial charge in [0.25, 0.3) is 11.7 Å². The minimum Gasteiger partial charge on any atom is -0.507 e. The van der Waals surface area contributed by atoms with E-state index >= 15 is 0 Å². The number of ketones is 1. The number of carbonyl (C=O) groups is 2. The second-order valence-corrected chi connectivity index (χ2v) is 10.2. The molecule has 3 aromatic carbocycles. The zero-order chi connectivity index (χ0) is 27.8. The molecule has 1 N–H and O–H groups in total. The molecule has 1 atom stereocenters. The fraction of sp³-hybridized carbons (Fsp3) is 0.258. The average Bonchev–Trinajstić information content (AvgIpc) is 3.17. The molecule has 38 heavy (non-hydrogen) atoms. The number of hydrogen-bond acceptors (Lipinski definition) is 6. The lowest BCUT2D eigenvalue weighted by molar-refractivity contribution is -0.132. The Kier molecular flexibility index (Phi) is 7.01. The molecular formula is C31H30N2O5. The minimum absolute atomic E-state index is 0.0555. The van der Waals surface area contributed by atoms with Crippen LogP contribution in [0.5, 0.6) is 11.5 Å². The van der Waals surface area contributed by atoms with Crippen molar-refractivity contribution >= 4 is 23.1 Å². The Balaban J connectivity index is 2.04. The highest BCUT2D eigenvalue weighted by atomic mass is 16.5. The standard InChI is InChI=1S/C31H30N2O5/c1-18-10-13-20(31(2,3)4)16-23(18)27(34)25-26(22-8-7-9-24(37-5)29(22)38-6)33(30(36)28(25)35)21-14-11-19(17-32)12-15-21/h7-16,26,34H,1-6H3/b27-25+. The number of carbonyl (C=O) groups excluding carboxylic acids is 2. The van der Waals surface area contributed by atoms with Crippen LogP contribution in [-0.4, -0.2) is 31.0 Å². The van der Waals surface area contributed by atoms with E-state index in [1.807, 2.05) is 25.1 Å². The zero-order valence-corrected chi connectivity index (χ0v) is 22.3. The summed E-state index contributed by atoms with van der Waals surface area (Å²) in [6, 6.07) is 18.3. The summed E-state index contributed by atoms with van der Waals surface area (Å²) < 4.78 is 11.2. The summed E-state index contributed by atoms with van der Waals surface area (Å²) in [5, 5.41) is 20.9. The lowest BCUT2D eigenvalue weighted by atomic mass is 9.84. The fourth-order valence-electron chi connectivity index (χ4n) is 4.71. The summed E-state index contributed by atoms with van der Waals surface area (Å²) in [4.78, 5) is 28.5. The van der Waals surface area contributed by atoms with Crippen LogP contribution in [0.25, 0.3) is 5.76 Å². The number of methoxy groups -OCH3 is 2. The zero-order valence-electron chi connectivity index (χ0n) is 22.3. The van der Waals surface area contributed by atoms with E-state index in [1.165, 1.54) is 19.1 Å². The molecule has 1 amide bonds. The Morgan fingerprint density at radius 1 is 1.00 bits per heavy atom. The number of aliphatic hydroxyl groups is 1. The molecule has 1 unspecified atom stereocenters. The molecule has 3 aromatic rings. The summed E-state index contributed by atoms with van der Waals surface area (Å²) >= 11 is 0. The van der Waals surface area contributed by atoms with Gasteiger partial charge in [0.2, 0.25) is 0 Å². The molecule has 0 bridgehead atoms. The number of aryl methyl sites for hydroxylation is 1. The van der Waals surface area contributed by atoms with Crippen molar-refractivity contribution in [1.82, 2.24) is 0 Å². The summed E-state index contributed by atoms with van der Waals surface area (Å²) in [6.07, 6.45) is 0. The molecular weight excluding hydrogens is 480 g/mol. The van der Waals surface area contributed by atoms with Crippen molar-refractivity contribution in [2.45, 2.75) is 39.2 Å². The molecule has 1 aliphatic rings. The number of anilines is 1. The maximum atomic E-state index is 13.6. The number of ether oxygens (including phenoxy) is 2. The Hall–Kier alpha value is -4.57. The normalized spacial score (nSPS) is 16.9. The molecule has 0 aromatic heterocycles. The first kappa shape index (κ1) is 26.5. The van der Waals surface area contributed by atoms with Crippen molar-refractivity contribution in [2.24, 2.45) is 0 Å². The number of hydrogen-bond donors (Lipinski definition) is 1. The highest BCUT2D eigenvalue weighted by molar-refractivity contribution is 6.51. The maximum absolute atomic E-state index is 13.6. The minimum atomic E-state index is -1.01. The van der Waals surface area contributed by atoms with Gasteiger partial charge in [0, 0.05) is 16.8 Å². The lowest BCUT2D eigenvalue weighted by Gasteiger charge is -2.27. The van der Waals surface area contributed by atoms with Crippen molar-refractivity contribution in [2.75, 3.05) is 19.1 Å². The second-order valence-electron chi connectivity index (χ2n) is 10.2. The summed E-state index contributed by atoms with van der Waals surface area (Å²) in [7, 11) is 2.98. The number of nitriles is 1. The molecule has 1 saturated heterocycles. The Bertz CT molecular complexity index is 1490. The third kappa shape index (κ3) is 4.50. The first-order valence-electron chi connectivity index (χ1n) is 12.2. The van der Waals surface area contributed by atoms with Gasteiger partial charge in [0.05, 0.1) is 37.5 Å². The van der Waals surface area contributed by atoms with Crippen molar-refractivity contribution in [3.05, 3.63) is 94.1 Å². The summed E-state index contributed by atoms with van der Waals surface area (Å²) in [5.74, 6) is -1.12. The number of nitrogens with zero attached hydrogens (tertiary/aromatic N) is 2. The quantitative estimate of drug-likeness (QED) is 0.264. The van der Waals surface area contributed by atoms with E-state index in [0.717, 1.165) is 11.1 Å². The molecule has 0 aliphatic carbocycles. The SMILES string of the molecule is COc1cccc(C2/C(=C(\O)c3cc(C(C)(C)C)ccc3C)C(=O)C(=O)N2c2ccc(C#N)cc2)c1OC. The molecule has 1 aliphatic heterocycles. The van der Waals surface area contributed by atoms with E-state index in [1.54, 1.807) is 42.5 Å². The van der Waals surface area contributed by atoms with Crippen LogP contribution >= 0.6 is 0 Å².